The Morgan fingerprint density at radius 1 is 1.21 bits per heavy atom. The predicted octanol–water partition coefficient (Wildman–Crippen LogP) is 2.82. The number of rotatable bonds is 4. The van der Waals surface area contributed by atoms with Gasteiger partial charge in [0.15, 0.2) is 0 Å². The molecule has 0 spiro atoms. The molecule has 0 radical (unpaired) electrons. The van der Waals surface area contributed by atoms with Crippen LogP contribution in [-0.2, 0) is 6.54 Å². The molecule has 3 aliphatic carbocycles. The normalized spacial score (nSPS) is 35.7. The van der Waals surface area contributed by atoms with Gasteiger partial charge < -0.3 is 10.4 Å². The fraction of sp³-hybridized carbons (Fsp3) is 0.647. The Kier molecular flexibility index (Phi) is 3.40. The van der Waals surface area contributed by atoms with Crippen LogP contribution in [0.4, 0.5) is 0 Å². The van der Waals surface area contributed by atoms with Gasteiger partial charge in [-0.05, 0) is 41.6 Å². The van der Waals surface area contributed by atoms with Crippen LogP contribution in [0.5, 0.6) is 0 Å². The lowest BCUT2D eigenvalue weighted by molar-refractivity contribution is -0.123. The number of fused-ring (bicyclic) bond motifs is 2. The molecular weight excluding hydrogens is 234 g/mol. The molecule has 0 aromatic heterocycles. The molecule has 2 N–H and O–H groups in total. The second-order valence-corrected chi connectivity index (χ2v) is 6.93. The first-order valence-corrected chi connectivity index (χ1v) is 7.51. The van der Waals surface area contributed by atoms with Crippen molar-refractivity contribution < 1.29 is 5.11 Å². The van der Waals surface area contributed by atoms with Gasteiger partial charge in [-0.1, -0.05) is 44.2 Å². The SMILES string of the molecule is CC1(C)[C@@H]2C[C@H](CO)[C@@H](NCc3ccccc3)[C@@H]1C2. The quantitative estimate of drug-likeness (QED) is 0.871. The standard InChI is InChI=1S/C17H25NO/c1-17(2)14-8-13(11-19)16(15(17)9-14)18-10-12-6-4-3-5-7-12/h3-7,13-16,18-19H,8-11H2,1-2H3/t13-,14-,15+,16-/m1/s1. The molecule has 0 unspecified atom stereocenters. The van der Waals surface area contributed by atoms with Crippen LogP contribution in [-0.4, -0.2) is 17.8 Å². The summed E-state index contributed by atoms with van der Waals surface area (Å²) in [5, 5.41) is 13.3. The van der Waals surface area contributed by atoms with E-state index in [1.165, 1.54) is 18.4 Å². The van der Waals surface area contributed by atoms with Crippen LogP contribution in [0.2, 0.25) is 0 Å². The van der Waals surface area contributed by atoms with Gasteiger partial charge in [-0.2, -0.15) is 0 Å². The summed E-state index contributed by atoms with van der Waals surface area (Å²) in [6.45, 7) is 6.04. The third-order valence-corrected chi connectivity index (χ3v) is 5.69. The van der Waals surface area contributed by atoms with Gasteiger partial charge in [-0.15, -0.1) is 0 Å². The number of hydrogen-bond acceptors (Lipinski definition) is 2. The zero-order valence-electron chi connectivity index (χ0n) is 12.0. The Balaban J connectivity index is 1.67. The molecule has 2 bridgehead atoms. The molecule has 0 aliphatic heterocycles. The van der Waals surface area contributed by atoms with Crippen molar-refractivity contribution in [1.29, 1.82) is 0 Å². The Morgan fingerprint density at radius 2 is 1.95 bits per heavy atom. The van der Waals surface area contributed by atoms with E-state index in [0.29, 0.717) is 24.0 Å². The van der Waals surface area contributed by atoms with Gasteiger partial charge in [-0.25, -0.2) is 0 Å². The molecular formula is C17H25NO. The monoisotopic (exact) mass is 259 g/mol. The van der Waals surface area contributed by atoms with Crippen molar-refractivity contribution in [3.63, 3.8) is 0 Å². The van der Waals surface area contributed by atoms with Crippen LogP contribution < -0.4 is 5.32 Å². The predicted molar refractivity (Wildman–Crippen MR) is 77.6 cm³/mol. The molecule has 2 heteroatoms. The second kappa shape index (κ2) is 4.92. The minimum absolute atomic E-state index is 0.329. The van der Waals surface area contributed by atoms with Crippen LogP contribution in [0, 0.1) is 23.2 Å². The van der Waals surface area contributed by atoms with Gasteiger partial charge in [0.05, 0.1) is 0 Å². The highest BCUT2D eigenvalue weighted by molar-refractivity contribution is 5.15. The van der Waals surface area contributed by atoms with E-state index in [1.54, 1.807) is 0 Å². The highest BCUT2D eigenvalue weighted by Crippen LogP contribution is 2.60. The molecule has 3 aliphatic rings. The third kappa shape index (κ3) is 2.21. The van der Waals surface area contributed by atoms with E-state index < -0.39 is 0 Å². The fourth-order valence-electron chi connectivity index (χ4n) is 4.23. The summed E-state index contributed by atoms with van der Waals surface area (Å²) in [7, 11) is 0. The van der Waals surface area contributed by atoms with E-state index in [-0.39, 0.29) is 0 Å². The van der Waals surface area contributed by atoms with Gasteiger partial charge in [0.25, 0.3) is 0 Å². The summed E-state index contributed by atoms with van der Waals surface area (Å²) < 4.78 is 0. The maximum Gasteiger partial charge on any atom is 0.0474 e. The van der Waals surface area contributed by atoms with Crippen LogP contribution in [0.3, 0.4) is 0 Å². The maximum atomic E-state index is 9.63. The first-order valence-electron chi connectivity index (χ1n) is 7.51. The Labute approximate surface area is 116 Å². The molecule has 1 aromatic rings. The van der Waals surface area contributed by atoms with E-state index in [9.17, 15) is 5.11 Å². The van der Waals surface area contributed by atoms with Crippen molar-refractivity contribution in [3.05, 3.63) is 35.9 Å². The lowest BCUT2D eigenvalue weighted by Gasteiger charge is -2.62. The first-order chi connectivity index (χ1) is 9.13. The van der Waals surface area contributed by atoms with Crippen molar-refractivity contribution >= 4 is 0 Å². The van der Waals surface area contributed by atoms with Crippen LogP contribution in [0.15, 0.2) is 30.3 Å². The number of aliphatic hydroxyl groups excluding tert-OH is 1. The Hall–Kier alpha value is -0.860. The van der Waals surface area contributed by atoms with Crippen molar-refractivity contribution in [3.8, 4) is 0 Å². The van der Waals surface area contributed by atoms with Crippen molar-refractivity contribution in [2.75, 3.05) is 6.61 Å². The molecule has 3 saturated carbocycles. The van der Waals surface area contributed by atoms with Crippen molar-refractivity contribution in [2.24, 2.45) is 23.2 Å². The van der Waals surface area contributed by atoms with Crippen LogP contribution >= 0.6 is 0 Å². The number of nitrogens with one attached hydrogen (secondary N) is 1. The van der Waals surface area contributed by atoms with Crippen molar-refractivity contribution in [2.45, 2.75) is 39.3 Å². The number of hydrogen-bond donors (Lipinski definition) is 2. The van der Waals surface area contributed by atoms with E-state index in [0.717, 1.165) is 18.4 Å². The van der Waals surface area contributed by atoms with E-state index in [1.807, 2.05) is 0 Å². The molecule has 4 atom stereocenters. The Bertz CT molecular complexity index is 428. The molecule has 1 aromatic carbocycles. The molecule has 0 amide bonds. The first kappa shape index (κ1) is 13.1. The minimum atomic E-state index is 0.329. The zero-order chi connectivity index (χ0) is 13.5. The molecule has 2 nitrogen and oxygen atoms in total. The summed E-state index contributed by atoms with van der Waals surface area (Å²) in [6.07, 6.45) is 2.53. The summed E-state index contributed by atoms with van der Waals surface area (Å²) in [4.78, 5) is 0. The van der Waals surface area contributed by atoms with Gasteiger partial charge in [0, 0.05) is 19.2 Å². The number of benzene rings is 1. The lowest BCUT2D eigenvalue weighted by Crippen LogP contribution is -2.63. The summed E-state index contributed by atoms with van der Waals surface area (Å²) in [5.41, 5.74) is 1.79. The molecule has 3 fully saturated rings. The van der Waals surface area contributed by atoms with Gasteiger partial charge in [0.2, 0.25) is 0 Å². The molecule has 0 heterocycles. The van der Waals surface area contributed by atoms with Crippen LogP contribution in [0.25, 0.3) is 0 Å². The van der Waals surface area contributed by atoms with Gasteiger partial charge >= 0.3 is 0 Å². The maximum absolute atomic E-state index is 9.63. The third-order valence-electron chi connectivity index (χ3n) is 5.69. The average molecular weight is 259 g/mol. The number of aliphatic hydroxyl groups is 1. The summed E-state index contributed by atoms with van der Waals surface area (Å²) in [6, 6.07) is 11.0. The molecule has 19 heavy (non-hydrogen) atoms. The van der Waals surface area contributed by atoms with Gasteiger partial charge in [0.1, 0.15) is 0 Å². The zero-order valence-corrected chi connectivity index (χ0v) is 12.0. The van der Waals surface area contributed by atoms with Crippen molar-refractivity contribution in [1.82, 2.24) is 5.32 Å². The van der Waals surface area contributed by atoms with E-state index in [4.69, 9.17) is 0 Å². The highest BCUT2D eigenvalue weighted by atomic mass is 16.3. The minimum Gasteiger partial charge on any atom is -0.396 e. The summed E-state index contributed by atoms with van der Waals surface area (Å²) >= 11 is 0. The largest absolute Gasteiger partial charge is 0.396 e. The lowest BCUT2D eigenvalue weighted by atomic mass is 9.45. The van der Waals surface area contributed by atoms with Crippen LogP contribution in [0.1, 0.15) is 32.3 Å². The topological polar surface area (TPSA) is 32.3 Å². The van der Waals surface area contributed by atoms with Gasteiger partial charge in [-0.3, -0.25) is 0 Å². The van der Waals surface area contributed by atoms with E-state index >= 15 is 0 Å². The molecule has 4 rings (SSSR count). The molecule has 0 saturated heterocycles. The average Bonchev–Trinajstić information content (AvgIpc) is 2.45. The molecule has 104 valence electrons. The summed E-state index contributed by atoms with van der Waals surface area (Å²) in [5.74, 6) is 2.00. The smallest absolute Gasteiger partial charge is 0.0474 e. The fourth-order valence-corrected chi connectivity index (χ4v) is 4.23. The highest BCUT2D eigenvalue weighted by Gasteiger charge is 2.57. The second-order valence-electron chi connectivity index (χ2n) is 6.93. The van der Waals surface area contributed by atoms with E-state index in [2.05, 4.69) is 49.5 Å². The Morgan fingerprint density at radius 3 is 2.58 bits per heavy atom.